The molecule has 0 spiro atoms. The predicted molar refractivity (Wildman–Crippen MR) is 61.5 cm³/mol. The second-order valence-electron chi connectivity index (χ2n) is 3.00. The Kier molecular flexibility index (Phi) is 4.98. The van der Waals surface area contributed by atoms with Crippen molar-refractivity contribution in [3.8, 4) is 0 Å². The van der Waals surface area contributed by atoms with Crippen LogP contribution in [0, 0.1) is 0 Å². The Balaban J connectivity index is 2.66. The third-order valence-electron chi connectivity index (χ3n) is 1.95. The lowest BCUT2D eigenvalue weighted by Gasteiger charge is -2.09. The highest BCUT2D eigenvalue weighted by Crippen LogP contribution is 2.19. The highest BCUT2D eigenvalue weighted by molar-refractivity contribution is 6.30. The maximum atomic E-state index is 11.1. The van der Waals surface area contributed by atoms with Crippen LogP contribution in [0.2, 0.25) is 5.15 Å². The van der Waals surface area contributed by atoms with Gasteiger partial charge in [0.15, 0.2) is 0 Å². The fourth-order valence-electron chi connectivity index (χ4n) is 1.22. The fraction of sp³-hybridized carbons (Fsp3) is 0.500. The van der Waals surface area contributed by atoms with Crippen LogP contribution < -0.4 is 5.32 Å². The number of rotatable bonds is 5. The number of nitrogens with one attached hydrogen (secondary N) is 1. The molecule has 16 heavy (non-hydrogen) atoms. The Hall–Kier alpha value is -1.36. The van der Waals surface area contributed by atoms with Gasteiger partial charge in [-0.1, -0.05) is 18.5 Å². The standard InChI is InChI=1S/C10H14ClN3O2/c1-3-7-9(11)13-6-14-10(7)12-5-8(15)16-4-2/h6H,3-5H2,1-2H3,(H,12,13,14). The van der Waals surface area contributed by atoms with Crippen LogP contribution in [-0.2, 0) is 16.0 Å². The summed E-state index contributed by atoms with van der Waals surface area (Å²) in [4.78, 5) is 19.0. The number of hydrogen-bond acceptors (Lipinski definition) is 5. The van der Waals surface area contributed by atoms with Gasteiger partial charge in [0.25, 0.3) is 0 Å². The van der Waals surface area contributed by atoms with Gasteiger partial charge in [0, 0.05) is 5.56 Å². The molecule has 1 N–H and O–H groups in total. The van der Waals surface area contributed by atoms with E-state index in [0.29, 0.717) is 24.0 Å². The van der Waals surface area contributed by atoms with Gasteiger partial charge in [-0.3, -0.25) is 4.79 Å². The summed E-state index contributed by atoms with van der Waals surface area (Å²) < 4.78 is 4.79. The number of hydrogen-bond donors (Lipinski definition) is 1. The third kappa shape index (κ3) is 3.34. The molecule has 6 heteroatoms. The minimum Gasteiger partial charge on any atom is -0.465 e. The van der Waals surface area contributed by atoms with Gasteiger partial charge < -0.3 is 10.1 Å². The van der Waals surface area contributed by atoms with Gasteiger partial charge in [-0.05, 0) is 13.3 Å². The van der Waals surface area contributed by atoms with Crippen molar-refractivity contribution in [2.75, 3.05) is 18.5 Å². The van der Waals surface area contributed by atoms with Crippen molar-refractivity contribution < 1.29 is 9.53 Å². The van der Waals surface area contributed by atoms with Crippen molar-refractivity contribution in [3.05, 3.63) is 17.0 Å². The molecule has 0 aliphatic carbocycles. The lowest BCUT2D eigenvalue weighted by atomic mass is 10.2. The van der Waals surface area contributed by atoms with Crippen LogP contribution in [-0.4, -0.2) is 29.1 Å². The van der Waals surface area contributed by atoms with Gasteiger partial charge in [-0.25, -0.2) is 9.97 Å². The lowest BCUT2D eigenvalue weighted by molar-refractivity contribution is -0.140. The van der Waals surface area contributed by atoms with Crippen molar-refractivity contribution >= 4 is 23.4 Å². The number of anilines is 1. The second-order valence-corrected chi connectivity index (χ2v) is 3.36. The van der Waals surface area contributed by atoms with Crippen molar-refractivity contribution in [3.63, 3.8) is 0 Å². The number of esters is 1. The Labute approximate surface area is 99.2 Å². The Morgan fingerprint density at radius 1 is 1.50 bits per heavy atom. The van der Waals surface area contributed by atoms with Crippen molar-refractivity contribution in [2.24, 2.45) is 0 Å². The zero-order valence-corrected chi connectivity index (χ0v) is 10.0. The molecule has 1 rings (SSSR count). The average Bonchev–Trinajstić information content (AvgIpc) is 2.27. The molecule has 1 aromatic rings. The SMILES string of the molecule is CCOC(=O)CNc1ncnc(Cl)c1CC. The van der Waals surface area contributed by atoms with E-state index in [1.54, 1.807) is 6.92 Å². The van der Waals surface area contributed by atoms with Crippen LogP contribution >= 0.6 is 11.6 Å². The molecule has 0 aromatic carbocycles. The quantitative estimate of drug-likeness (QED) is 0.630. The van der Waals surface area contributed by atoms with Crippen molar-refractivity contribution in [1.82, 2.24) is 9.97 Å². The normalized spacial score (nSPS) is 9.94. The molecule has 0 atom stereocenters. The topological polar surface area (TPSA) is 64.1 Å². The number of carbonyl (C=O) groups is 1. The fourth-order valence-corrected chi connectivity index (χ4v) is 1.49. The number of nitrogens with zero attached hydrogens (tertiary/aromatic N) is 2. The van der Waals surface area contributed by atoms with E-state index in [0.717, 1.165) is 5.56 Å². The molecule has 0 amide bonds. The first kappa shape index (κ1) is 12.7. The first-order valence-electron chi connectivity index (χ1n) is 5.07. The van der Waals surface area contributed by atoms with Crippen molar-refractivity contribution in [2.45, 2.75) is 20.3 Å². The van der Waals surface area contributed by atoms with Crippen LogP contribution in [0.4, 0.5) is 5.82 Å². The van der Waals surface area contributed by atoms with Crippen LogP contribution in [0.25, 0.3) is 0 Å². The molecular formula is C10H14ClN3O2. The summed E-state index contributed by atoms with van der Waals surface area (Å²) in [6.45, 7) is 4.15. The summed E-state index contributed by atoms with van der Waals surface area (Å²) in [5.41, 5.74) is 0.800. The highest BCUT2D eigenvalue weighted by atomic mass is 35.5. The summed E-state index contributed by atoms with van der Waals surface area (Å²) in [7, 11) is 0. The van der Waals surface area contributed by atoms with Gasteiger partial charge in [0.1, 0.15) is 23.8 Å². The molecule has 0 unspecified atom stereocenters. The van der Waals surface area contributed by atoms with Gasteiger partial charge in [-0.2, -0.15) is 0 Å². The summed E-state index contributed by atoms with van der Waals surface area (Å²) in [6, 6.07) is 0. The van der Waals surface area contributed by atoms with Crippen LogP contribution in [0.1, 0.15) is 19.4 Å². The monoisotopic (exact) mass is 243 g/mol. The van der Waals surface area contributed by atoms with Crippen LogP contribution in [0.15, 0.2) is 6.33 Å². The summed E-state index contributed by atoms with van der Waals surface area (Å²) >= 11 is 5.90. The molecule has 88 valence electrons. The number of aromatic nitrogens is 2. The van der Waals surface area contributed by atoms with Gasteiger partial charge >= 0.3 is 5.97 Å². The van der Waals surface area contributed by atoms with Crippen LogP contribution in [0.3, 0.4) is 0 Å². The van der Waals surface area contributed by atoms with E-state index in [1.165, 1.54) is 6.33 Å². The Morgan fingerprint density at radius 3 is 2.88 bits per heavy atom. The summed E-state index contributed by atoms with van der Waals surface area (Å²) in [6.07, 6.45) is 2.06. The van der Waals surface area contributed by atoms with E-state index in [4.69, 9.17) is 16.3 Å². The van der Waals surface area contributed by atoms with Gasteiger partial charge in [0.2, 0.25) is 0 Å². The van der Waals surface area contributed by atoms with E-state index in [-0.39, 0.29) is 12.5 Å². The van der Waals surface area contributed by atoms with E-state index < -0.39 is 0 Å². The number of carbonyl (C=O) groups excluding carboxylic acids is 1. The van der Waals surface area contributed by atoms with Gasteiger partial charge in [-0.15, -0.1) is 0 Å². The van der Waals surface area contributed by atoms with E-state index in [9.17, 15) is 4.79 Å². The van der Waals surface area contributed by atoms with E-state index in [1.807, 2.05) is 6.92 Å². The second kappa shape index (κ2) is 6.27. The molecule has 0 aliphatic rings. The maximum absolute atomic E-state index is 11.1. The average molecular weight is 244 g/mol. The molecule has 0 saturated heterocycles. The summed E-state index contributed by atoms with van der Waals surface area (Å²) in [5, 5.41) is 3.29. The molecule has 1 heterocycles. The number of halogens is 1. The molecule has 5 nitrogen and oxygen atoms in total. The Bertz CT molecular complexity index is 371. The van der Waals surface area contributed by atoms with Crippen LogP contribution in [0.5, 0.6) is 0 Å². The highest BCUT2D eigenvalue weighted by Gasteiger charge is 2.09. The minimum absolute atomic E-state index is 0.0776. The Morgan fingerprint density at radius 2 is 2.25 bits per heavy atom. The first-order chi connectivity index (χ1) is 7.69. The lowest BCUT2D eigenvalue weighted by Crippen LogP contribution is -2.18. The minimum atomic E-state index is -0.320. The van der Waals surface area contributed by atoms with E-state index >= 15 is 0 Å². The zero-order chi connectivity index (χ0) is 12.0. The molecule has 0 saturated carbocycles. The smallest absolute Gasteiger partial charge is 0.325 e. The molecular weight excluding hydrogens is 230 g/mol. The molecule has 0 aliphatic heterocycles. The summed E-state index contributed by atoms with van der Waals surface area (Å²) in [5.74, 6) is 0.259. The largest absolute Gasteiger partial charge is 0.465 e. The molecule has 0 radical (unpaired) electrons. The number of ether oxygens (including phenoxy) is 1. The maximum Gasteiger partial charge on any atom is 0.325 e. The van der Waals surface area contributed by atoms with E-state index in [2.05, 4.69) is 15.3 Å². The molecule has 0 fully saturated rings. The van der Waals surface area contributed by atoms with Gasteiger partial charge in [0.05, 0.1) is 6.61 Å². The zero-order valence-electron chi connectivity index (χ0n) is 9.29. The molecule has 1 aromatic heterocycles. The third-order valence-corrected chi connectivity index (χ3v) is 2.28. The first-order valence-corrected chi connectivity index (χ1v) is 5.45. The molecule has 0 bridgehead atoms. The predicted octanol–water partition coefficient (Wildman–Crippen LogP) is 1.67. The van der Waals surface area contributed by atoms with Crippen molar-refractivity contribution in [1.29, 1.82) is 0 Å².